The molecule has 1 aromatic carbocycles. The molecule has 0 atom stereocenters. The number of fused-ring (bicyclic) bond motifs is 1. The summed E-state index contributed by atoms with van der Waals surface area (Å²) in [5.74, 6) is 1.29. The molecule has 3 nitrogen and oxygen atoms in total. The first-order chi connectivity index (χ1) is 7.54. The molecule has 0 bridgehead atoms. The van der Waals surface area contributed by atoms with Crippen LogP contribution in [0.4, 0.5) is 0 Å². The Morgan fingerprint density at radius 3 is 2.38 bits per heavy atom. The number of carbonyl (C=O) groups is 1. The molecular formula is C12H13ClO3. The lowest BCUT2D eigenvalue weighted by Gasteiger charge is -2.24. The van der Waals surface area contributed by atoms with Crippen LogP contribution < -0.4 is 9.47 Å². The summed E-state index contributed by atoms with van der Waals surface area (Å²) in [5.41, 5.74) is 0.140. The zero-order valence-electron chi connectivity index (χ0n) is 9.25. The van der Waals surface area contributed by atoms with Crippen LogP contribution in [0, 0.1) is 0 Å². The van der Waals surface area contributed by atoms with Crippen molar-refractivity contribution in [2.45, 2.75) is 19.3 Å². The maximum Gasteiger partial charge on any atom is 0.162 e. The van der Waals surface area contributed by atoms with Crippen molar-refractivity contribution >= 4 is 17.9 Å². The Morgan fingerprint density at radius 2 is 1.81 bits per heavy atom. The summed E-state index contributed by atoms with van der Waals surface area (Å²) in [7, 11) is 0. The first kappa shape index (κ1) is 11.3. The van der Waals surface area contributed by atoms with E-state index in [1.807, 2.05) is 13.8 Å². The van der Waals surface area contributed by atoms with Crippen LogP contribution in [-0.4, -0.2) is 19.5 Å². The highest BCUT2D eigenvalue weighted by molar-refractivity contribution is 6.32. The van der Waals surface area contributed by atoms with Gasteiger partial charge in [0, 0.05) is 16.5 Å². The molecule has 0 fully saturated rings. The largest absolute Gasteiger partial charge is 0.486 e. The predicted octanol–water partition coefficient (Wildman–Crippen LogP) is 2.59. The number of aldehydes is 1. The molecule has 16 heavy (non-hydrogen) atoms. The minimum atomic E-state index is -0.618. The Hall–Kier alpha value is -1.22. The van der Waals surface area contributed by atoms with Crippen molar-refractivity contribution < 1.29 is 14.3 Å². The summed E-state index contributed by atoms with van der Waals surface area (Å²) in [6.45, 7) is 4.68. The normalized spacial score (nSPS) is 14.7. The number of hydrogen-bond donors (Lipinski definition) is 0. The van der Waals surface area contributed by atoms with Crippen LogP contribution >= 0.6 is 11.6 Å². The van der Waals surface area contributed by atoms with Gasteiger partial charge in [0.05, 0.1) is 0 Å². The fourth-order valence-corrected chi connectivity index (χ4v) is 2.02. The number of benzene rings is 1. The van der Waals surface area contributed by atoms with Crippen LogP contribution in [0.5, 0.6) is 11.5 Å². The molecule has 86 valence electrons. The monoisotopic (exact) mass is 240 g/mol. The first-order valence-electron chi connectivity index (χ1n) is 5.10. The van der Waals surface area contributed by atoms with Gasteiger partial charge in [0.15, 0.2) is 11.5 Å². The smallest absolute Gasteiger partial charge is 0.162 e. The molecule has 0 radical (unpaired) electrons. The fourth-order valence-electron chi connectivity index (χ4n) is 1.62. The molecule has 0 unspecified atom stereocenters. The van der Waals surface area contributed by atoms with Gasteiger partial charge >= 0.3 is 0 Å². The molecular weight excluding hydrogens is 228 g/mol. The molecule has 1 aliphatic heterocycles. The van der Waals surface area contributed by atoms with E-state index in [2.05, 4.69) is 0 Å². The second-order valence-electron chi connectivity index (χ2n) is 4.32. The zero-order valence-corrected chi connectivity index (χ0v) is 10.0. The van der Waals surface area contributed by atoms with Gasteiger partial charge in [0.1, 0.15) is 19.5 Å². The van der Waals surface area contributed by atoms with Crippen LogP contribution in [0.3, 0.4) is 0 Å². The summed E-state index contributed by atoms with van der Waals surface area (Å²) in [6, 6.07) is 3.49. The van der Waals surface area contributed by atoms with Gasteiger partial charge in [-0.05, 0) is 25.5 Å². The lowest BCUT2D eigenvalue weighted by atomic mass is 9.86. The second-order valence-corrected chi connectivity index (χ2v) is 4.72. The Labute approximate surface area is 99.3 Å². The minimum Gasteiger partial charge on any atom is -0.486 e. The van der Waals surface area contributed by atoms with Gasteiger partial charge in [0.2, 0.25) is 0 Å². The topological polar surface area (TPSA) is 35.5 Å². The minimum absolute atomic E-state index is 0.523. The van der Waals surface area contributed by atoms with E-state index >= 15 is 0 Å². The van der Waals surface area contributed by atoms with Gasteiger partial charge < -0.3 is 14.3 Å². The summed E-state index contributed by atoms with van der Waals surface area (Å²) < 4.78 is 10.9. The summed E-state index contributed by atoms with van der Waals surface area (Å²) in [4.78, 5) is 11.0. The van der Waals surface area contributed by atoms with Gasteiger partial charge in [-0.25, -0.2) is 0 Å². The van der Waals surface area contributed by atoms with Crippen molar-refractivity contribution in [1.29, 1.82) is 0 Å². The van der Waals surface area contributed by atoms with Crippen LogP contribution in [0.25, 0.3) is 0 Å². The Bertz CT molecular complexity index is 427. The van der Waals surface area contributed by atoms with E-state index < -0.39 is 5.41 Å². The van der Waals surface area contributed by atoms with Gasteiger partial charge in [-0.1, -0.05) is 11.6 Å². The molecule has 1 heterocycles. The SMILES string of the molecule is CC(C)(C=O)c1cc2c(cc1Cl)OCCO2. The van der Waals surface area contributed by atoms with E-state index in [0.29, 0.717) is 29.7 Å². The number of halogens is 1. The molecule has 0 amide bonds. The van der Waals surface area contributed by atoms with Gasteiger partial charge in [-0.3, -0.25) is 0 Å². The molecule has 0 spiro atoms. The zero-order chi connectivity index (χ0) is 11.8. The molecule has 4 heteroatoms. The number of hydrogen-bond acceptors (Lipinski definition) is 3. The highest BCUT2D eigenvalue weighted by Crippen LogP contribution is 2.39. The van der Waals surface area contributed by atoms with Gasteiger partial charge in [-0.2, -0.15) is 0 Å². The lowest BCUT2D eigenvalue weighted by molar-refractivity contribution is -0.111. The van der Waals surface area contributed by atoms with Crippen LogP contribution in [0.1, 0.15) is 19.4 Å². The second kappa shape index (κ2) is 3.98. The van der Waals surface area contributed by atoms with E-state index in [0.717, 1.165) is 11.8 Å². The van der Waals surface area contributed by atoms with Crippen LogP contribution in [-0.2, 0) is 10.2 Å². The molecule has 0 saturated heterocycles. The maximum atomic E-state index is 11.0. The highest BCUT2D eigenvalue weighted by Gasteiger charge is 2.25. The molecule has 1 aliphatic rings. The van der Waals surface area contributed by atoms with Crippen molar-refractivity contribution in [2.75, 3.05) is 13.2 Å². The summed E-state index contributed by atoms with van der Waals surface area (Å²) in [6.07, 6.45) is 0.879. The van der Waals surface area contributed by atoms with Crippen molar-refractivity contribution in [3.8, 4) is 11.5 Å². The molecule has 1 aromatic rings. The Morgan fingerprint density at radius 1 is 1.25 bits per heavy atom. The van der Waals surface area contributed by atoms with Crippen molar-refractivity contribution in [3.63, 3.8) is 0 Å². The quantitative estimate of drug-likeness (QED) is 0.746. The van der Waals surface area contributed by atoms with Crippen molar-refractivity contribution in [2.24, 2.45) is 0 Å². The van der Waals surface area contributed by atoms with E-state index in [1.54, 1.807) is 12.1 Å². The molecule has 0 N–H and O–H groups in total. The fraction of sp³-hybridized carbons (Fsp3) is 0.417. The third-order valence-corrected chi connectivity index (χ3v) is 2.93. The Kier molecular flexibility index (Phi) is 2.80. The van der Waals surface area contributed by atoms with E-state index in [4.69, 9.17) is 21.1 Å². The highest BCUT2D eigenvalue weighted by atomic mass is 35.5. The van der Waals surface area contributed by atoms with Gasteiger partial charge in [-0.15, -0.1) is 0 Å². The van der Waals surface area contributed by atoms with Crippen LogP contribution in [0.15, 0.2) is 12.1 Å². The lowest BCUT2D eigenvalue weighted by Crippen LogP contribution is -2.21. The average Bonchev–Trinajstić information content (AvgIpc) is 2.28. The first-order valence-corrected chi connectivity index (χ1v) is 5.48. The molecule has 0 saturated carbocycles. The van der Waals surface area contributed by atoms with Crippen molar-refractivity contribution in [1.82, 2.24) is 0 Å². The molecule has 0 aromatic heterocycles. The van der Waals surface area contributed by atoms with E-state index in [-0.39, 0.29) is 0 Å². The predicted molar refractivity (Wildman–Crippen MR) is 61.5 cm³/mol. The Balaban J connectivity index is 2.51. The van der Waals surface area contributed by atoms with E-state index in [1.165, 1.54) is 0 Å². The number of rotatable bonds is 2. The van der Waals surface area contributed by atoms with E-state index in [9.17, 15) is 4.79 Å². The van der Waals surface area contributed by atoms with Crippen LogP contribution in [0.2, 0.25) is 5.02 Å². The third kappa shape index (κ3) is 1.87. The summed E-state index contributed by atoms with van der Waals surface area (Å²) in [5, 5.41) is 0.529. The average molecular weight is 241 g/mol. The third-order valence-electron chi connectivity index (χ3n) is 2.62. The summed E-state index contributed by atoms with van der Waals surface area (Å²) >= 11 is 6.13. The van der Waals surface area contributed by atoms with Gasteiger partial charge in [0.25, 0.3) is 0 Å². The standard InChI is InChI=1S/C12H13ClO3/c1-12(2,7-14)8-5-10-11(6-9(8)13)16-4-3-15-10/h5-7H,3-4H2,1-2H3. The number of ether oxygens (including phenoxy) is 2. The van der Waals surface area contributed by atoms with Crippen molar-refractivity contribution in [3.05, 3.63) is 22.7 Å². The maximum absolute atomic E-state index is 11.0. The number of carbonyl (C=O) groups excluding carboxylic acids is 1. The molecule has 2 rings (SSSR count). The molecule has 0 aliphatic carbocycles.